The highest BCUT2D eigenvalue weighted by Gasteiger charge is 2.41. The molecule has 0 bridgehead atoms. The van der Waals surface area contributed by atoms with Crippen LogP contribution in [0.2, 0.25) is 0 Å². The molecular formula is C19H19BrN2O. The molecule has 2 aromatic rings. The summed E-state index contributed by atoms with van der Waals surface area (Å²) in [7, 11) is 0. The predicted molar refractivity (Wildman–Crippen MR) is 95.6 cm³/mol. The molecule has 2 heterocycles. The molecule has 3 nitrogen and oxygen atoms in total. The van der Waals surface area contributed by atoms with Gasteiger partial charge in [0.2, 0.25) is 0 Å². The number of fused-ring (bicyclic) bond motifs is 3. The van der Waals surface area contributed by atoms with E-state index < -0.39 is 0 Å². The van der Waals surface area contributed by atoms with Crippen molar-refractivity contribution in [1.29, 1.82) is 0 Å². The van der Waals surface area contributed by atoms with Gasteiger partial charge >= 0.3 is 0 Å². The van der Waals surface area contributed by atoms with Crippen LogP contribution in [0.5, 0.6) is 5.75 Å². The topological polar surface area (TPSA) is 24.8 Å². The number of hydrogen-bond donors (Lipinski definition) is 0. The molecule has 2 aliphatic rings. The first-order valence-electron chi connectivity index (χ1n) is 8.01. The Morgan fingerprint density at radius 3 is 2.61 bits per heavy atom. The first kappa shape index (κ1) is 14.8. The summed E-state index contributed by atoms with van der Waals surface area (Å²) in [5.74, 6) is 1.37. The molecule has 0 spiro atoms. The lowest BCUT2D eigenvalue weighted by Crippen LogP contribution is -2.43. The summed E-state index contributed by atoms with van der Waals surface area (Å²) in [5.41, 5.74) is 3.55. The molecule has 0 unspecified atom stereocenters. The molecule has 23 heavy (non-hydrogen) atoms. The molecule has 0 amide bonds. The van der Waals surface area contributed by atoms with Crippen molar-refractivity contribution >= 4 is 21.6 Å². The van der Waals surface area contributed by atoms with Crippen LogP contribution in [0, 0.1) is 5.92 Å². The number of nitrogens with zero attached hydrogens (tertiary/aromatic N) is 2. The summed E-state index contributed by atoms with van der Waals surface area (Å²) in [6, 6.07) is 17.0. The summed E-state index contributed by atoms with van der Waals surface area (Å²) < 4.78 is 7.31. The zero-order chi connectivity index (χ0) is 16.0. The third kappa shape index (κ3) is 2.55. The third-order valence-electron chi connectivity index (χ3n) is 4.48. The van der Waals surface area contributed by atoms with Crippen molar-refractivity contribution in [1.82, 2.24) is 5.01 Å². The first-order chi connectivity index (χ1) is 11.1. The fraction of sp³-hybridized carbons (Fsp3) is 0.316. The second-order valence-electron chi connectivity index (χ2n) is 6.44. The SMILES string of the molecule is CC(C)[C@@H]1Oc2ccccc2[C@H]2CC(c3ccc(Br)cc3)=NN21. The first-order valence-corrected chi connectivity index (χ1v) is 8.80. The molecule has 4 rings (SSSR count). The number of hydrazone groups is 1. The molecule has 4 heteroatoms. The van der Waals surface area contributed by atoms with E-state index in [1.807, 2.05) is 6.07 Å². The van der Waals surface area contributed by atoms with E-state index in [1.54, 1.807) is 0 Å². The minimum absolute atomic E-state index is 0.0113. The number of para-hydroxylation sites is 1. The number of hydrogen-bond acceptors (Lipinski definition) is 3. The molecule has 2 atom stereocenters. The van der Waals surface area contributed by atoms with Gasteiger partial charge in [0.1, 0.15) is 5.75 Å². The summed E-state index contributed by atoms with van der Waals surface area (Å²) in [4.78, 5) is 0. The van der Waals surface area contributed by atoms with Crippen LogP contribution >= 0.6 is 15.9 Å². The van der Waals surface area contributed by atoms with Crippen molar-refractivity contribution in [2.24, 2.45) is 11.0 Å². The smallest absolute Gasteiger partial charge is 0.190 e. The number of rotatable bonds is 2. The lowest BCUT2D eigenvalue weighted by molar-refractivity contribution is -0.0461. The van der Waals surface area contributed by atoms with Gasteiger partial charge in [-0.05, 0) is 23.8 Å². The minimum Gasteiger partial charge on any atom is -0.468 e. The lowest BCUT2D eigenvalue weighted by Gasteiger charge is -2.39. The van der Waals surface area contributed by atoms with Gasteiger partial charge in [0.25, 0.3) is 0 Å². The fourth-order valence-electron chi connectivity index (χ4n) is 3.32. The van der Waals surface area contributed by atoms with Gasteiger partial charge in [-0.15, -0.1) is 0 Å². The summed E-state index contributed by atoms with van der Waals surface area (Å²) in [6.45, 7) is 4.37. The van der Waals surface area contributed by atoms with Crippen LogP contribution in [0.25, 0.3) is 0 Å². The van der Waals surface area contributed by atoms with Gasteiger partial charge in [-0.25, -0.2) is 5.01 Å². The number of ether oxygens (including phenoxy) is 1. The van der Waals surface area contributed by atoms with Crippen LogP contribution < -0.4 is 4.74 Å². The second-order valence-corrected chi connectivity index (χ2v) is 7.36. The zero-order valence-corrected chi connectivity index (χ0v) is 14.8. The van der Waals surface area contributed by atoms with Crippen molar-refractivity contribution in [3.8, 4) is 5.75 Å². The Kier molecular flexibility index (Phi) is 3.64. The summed E-state index contributed by atoms with van der Waals surface area (Å²) in [6.07, 6.45) is 0.911. The monoisotopic (exact) mass is 370 g/mol. The van der Waals surface area contributed by atoms with Crippen LogP contribution in [0.15, 0.2) is 58.1 Å². The largest absolute Gasteiger partial charge is 0.468 e. The molecule has 0 radical (unpaired) electrons. The molecule has 2 aliphatic heterocycles. The van der Waals surface area contributed by atoms with Gasteiger partial charge in [0.05, 0.1) is 11.8 Å². The van der Waals surface area contributed by atoms with Crippen LogP contribution in [0.3, 0.4) is 0 Å². The van der Waals surface area contributed by atoms with E-state index >= 15 is 0 Å². The highest BCUT2D eigenvalue weighted by Crippen LogP contribution is 2.44. The Morgan fingerprint density at radius 1 is 1.13 bits per heavy atom. The predicted octanol–water partition coefficient (Wildman–Crippen LogP) is 4.97. The van der Waals surface area contributed by atoms with Gasteiger partial charge in [-0.3, -0.25) is 0 Å². The van der Waals surface area contributed by atoms with E-state index in [4.69, 9.17) is 9.84 Å². The van der Waals surface area contributed by atoms with E-state index in [2.05, 4.69) is 77.3 Å². The maximum atomic E-state index is 6.22. The maximum Gasteiger partial charge on any atom is 0.190 e. The van der Waals surface area contributed by atoms with Crippen LogP contribution in [-0.2, 0) is 0 Å². The molecule has 118 valence electrons. The average Bonchev–Trinajstić information content (AvgIpc) is 3.00. The van der Waals surface area contributed by atoms with Gasteiger partial charge in [0, 0.05) is 22.4 Å². The molecule has 0 fully saturated rings. The van der Waals surface area contributed by atoms with Crippen LogP contribution in [0.1, 0.15) is 37.4 Å². The summed E-state index contributed by atoms with van der Waals surface area (Å²) in [5, 5.41) is 7.08. The number of benzene rings is 2. The Labute approximate surface area is 145 Å². The molecule has 0 N–H and O–H groups in total. The lowest BCUT2D eigenvalue weighted by atomic mass is 9.95. The van der Waals surface area contributed by atoms with Gasteiger partial charge in [-0.2, -0.15) is 5.10 Å². The Morgan fingerprint density at radius 2 is 1.87 bits per heavy atom. The maximum absolute atomic E-state index is 6.22. The van der Waals surface area contributed by atoms with Crippen LogP contribution in [-0.4, -0.2) is 16.9 Å². The van der Waals surface area contributed by atoms with Crippen molar-refractivity contribution in [2.45, 2.75) is 32.5 Å². The van der Waals surface area contributed by atoms with E-state index in [9.17, 15) is 0 Å². The molecule has 0 aliphatic carbocycles. The quantitative estimate of drug-likeness (QED) is 0.744. The molecular weight excluding hydrogens is 352 g/mol. The van der Waals surface area contributed by atoms with Crippen molar-refractivity contribution in [3.63, 3.8) is 0 Å². The van der Waals surface area contributed by atoms with Gasteiger partial charge in [-0.1, -0.05) is 60.1 Å². The highest BCUT2D eigenvalue weighted by atomic mass is 79.9. The van der Waals surface area contributed by atoms with Crippen molar-refractivity contribution in [2.75, 3.05) is 0 Å². The standard InChI is InChI=1S/C19H19BrN2O/c1-12(2)19-22-17(15-5-3-4-6-18(15)23-19)11-16(21-22)13-7-9-14(20)10-8-13/h3-10,12,17,19H,11H2,1-2H3/t17-,19+/m1/s1. The molecule has 0 saturated heterocycles. The van der Waals surface area contributed by atoms with E-state index in [0.717, 1.165) is 22.4 Å². The summed E-state index contributed by atoms with van der Waals surface area (Å²) >= 11 is 3.49. The Hall–Kier alpha value is -1.81. The molecule has 2 aromatic carbocycles. The van der Waals surface area contributed by atoms with E-state index in [1.165, 1.54) is 11.1 Å². The van der Waals surface area contributed by atoms with Gasteiger partial charge < -0.3 is 4.74 Å². The number of halogens is 1. The Balaban J connectivity index is 1.74. The molecule has 0 saturated carbocycles. The fourth-order valence-corrected chi connectivity index (χ4v) is 3.58. The zero-order valence-electron chi connectivity index (χ0n) is 13.2. The average molecular weight is 371 g/mol. The minimum atomic E-state index is -0.0113. The molecule has 0 aromatic heterocycles. The van der Waals surface area contributed by atoms with Crippen molar-refractivity contribution < 1.29 is 4.74 Å². The van der Waals surface area contributed by atoms with E-state index in [0.29, 0.717) is 5.92 Å². The van der Waals surface area contributed by atoms with Gasteiger partial charge in [0.15, 0.2) is 6.23 Å². The normalized spacial score (nSPS) is 22.4. The van der Waals surface area contributed by atoms with Crippen LogP contribution in [0.4, 0.5) is 0 Å². The highest BCUT2D eigenvalue weighted by molar-refractivity contribution is 9.10. The second kappa shape index (κ2) is 5.68. The van der Waals surface area contributed by atoms with Crippen molar-refractivity contribution in [3.05, 3.63) is 64.1 Å². The van der Waals surface area contributed by atoms with E-state index in [-0.39, 0.29) is 12.3 Å². The third-order valence-corrected chi connectivity index (χ3v) is 5.01. The Bertz CT molecular complexity index is 754.